The van der Waals surface area contributed by atoms with Crippen LogP contribution in [0.5, 0.6) is 0 Å². The Balaban J connectivity index is 2.08. The summed E-state index contributed by atoms with van der Waals surface area (Å²) in [5.74, 6) is 0.645. The summed E-state index contributed by atoms with van der Waals surface area (Å²) in [5, 5.41) is 3.18. The Morgan fingerprint density at radius 3 is 3.18 bits per heavy atom. The summed E-state index contributed by atoms with van der Waals surface area (Å²) in [6.45, 7) is 4.47. The van der Waals surface area contributed by atoms with E-state index in [0.29, 0.717) is 6.54 Å². The fraction of sp³-hybridized carbons (Fsp3) is 0.500. The lowest BCUT2D eigenvalue weighted by Crippen LogP contribution is -2.27. The minimum Gasteiger partial charge on any atom is -0.371 e. The molecule has 1 aliphatic heterocycles. The van der Waals surface area contributed by atoms with E-state index < -0.39 is 0 Å². The summed E-state index contributed by atoms with van der Waals surface area (Å²) >= 11 is 0. The van der Waals surface area contributed by atoms with Crippen LogP contribution < -0.4 is 16.0 Å². The Kier molecular flexibility index (Phi) is 3.46. The van der Waals surface area contributed by atoms with Crippen LogP contribution in [-0.4, -0.2) is 30.5 Å². The van der Waals surface area contributed by atoms with Crippen molar-refractivity contribution in [2.45, 2.75) is 13.3 Å². The van der Waals surface area contributed by atoms with E-state index in [1.165, 1.54) is 0 Å². The minimum absolute atomic E-state index is 0.0225. The van der Waals surface area contributed by atoms with Gasteiger partial charge < -0.3 is 16.0 Å². The van der Waals surface area contributed by atoms with E-state index in [2.05, 4.69) is 15.2 Å². The van der Waals surface area contributed by atoms with E-state index in [-0.39, 0.29) is 11.8 Å². The Morgan fingerprint density at radius 1 is 1.71 bits per heavy atom. The highest BCUT2D eigenvalue weighted by atomic mass is 16.1. The molecule has 5 nitrogen and oxygen atoms in total. The standard InChI is InChI=1S/C12H18N4O/c1-2-14-11-7-10(3-5-15-11)16-6-4-9(8-16)12(13)17/h3,5,7,9H,2,4,6,8H2,1H3,(H2,13,17)(H,14,15). The van der Waals surface area contributed by atoms with Gasteiger partial charge in [-0.1, -0.05) is 0 Å². The molecule has 1 aromatic heterocycles. The predicted octanol–water partition coefficient (Wildman–Crippen LogP) is 0.825. The molecule has 5 heteroatoms. The molecule has 0 radical (unpaired) electrons. The first kappa shape index (κ1) is 11.7. The number of nitrogens with zero attached hydrogens (tertiary/aromatic N) is 2. The van der Waals surface area contributed by atoms with Gasteiger partial charge in [-0.15, -0.1) is 0 Å². The Hall–Kier alpha value is -1.78. The number of nitrogens with one attached hydrogen (secondary N) is 1. The molecule has 0 spiro atoms. The molecule has 1 atom stereocenters. The van der Waals surface area contributed by atoms with E-state index in [9.17, 15) is 4.79 Å². The molecule has 1 aliphatic rings. The monoisotopic (exact) mass is 234 g/mol. The third-order valence-electron chi connectivity index (χ3n) is 3.06. The lowest BCUT2D eigenvalue weighted by molar-refractivity contribution is -0.121. The van der Waals surface area contributed by atoms with Gasteiger partial charge in [-0.2, -0.15) is 0 Å². The molecule has 2 rings (SSSR count). The second-order valence-corrected chi connectivity index (χ2v) is 4.26. The number of carbonyl (C=O) groups excluding carboxylic acids is 1. The van der Waals surface area contributed by atoms with E-state index in [0.717, 1.165) is 31.0 Å². The van der Waals surface area contributed by atoms with Crippen molar-refractivity contribution in [3.63, 3.8) is 0 Å². The van der Waals surface area contributed by atoms with Gasteiger partial charge in [-0.3, -0.25) is 4.79 Å². The molecule has 1 saturated heterocycles. The van der Waals surface area contributed by atoms with Crippen molar-refractivity contribution < 1.29 is 4.79 Å². The molecule has 0 aromatic carbocycles. The van der Waals surface area contributed by atoms with Crippen molar-refractivity contribution in [2.75, 3.05) is 29.9 Å². The van der Waals surface area contributed by atoms with Gasteiger partial charge in [-0.05, 0) is 19.4 Å². The molecule has 2 heterocycles. The van der Waals surface area contributed by atoms with Crippen LogP contribution in [0, 0.1) is 5.92 Å². The lowest BCUT2D eigenvalue weighted by atomic mass is 10.1. The van der Waals surface area contributed by atoms with Crippen LogP contribution in [0.2, 0.25) is 0 Å². The van der Waals surface area contributed by atoms with Crippen LogP contribution in [0.3, 0.4) is 0 Å². The lowest BCUT2D eigenvalue weighted by Gasteiger charge is -2.18. The van der Waals surface area contributed by atoms with Gasteiger partial charge in [0.05, 0.1) is 5.92 Å². The molecule has 1 unspecified atom stereocenters. The Morgan fingerprint density at radius 2 is 2.53 bits per heavy atom. The third kappa shape index (κ3) is 2.67. The Labute approximate surface area is 101 Å². The largest absolute Gasteiger partial charge is 0.371 e. The summed E-state index contributed by atoms with van der Waals surface area (Å²) < 4.78 is 0. The zero-order valence-corrected chi connectivity index (χ0v) is 10.0. The van der Waals surface area contributed by atoms with Crippen LogP contribution >= 0.6 is 0 Å². The number of anilines is 2. The number of amides is 1. The number of hydrogen-bond donors (Lipinski definition) is 2. The fourth-order valence-electron chi connectivity index (χ4n) is 2.12. The van der Waals surface area contributed by atoms with E-state index in [1.807, 2.05) is 19.1 Å². The molecule has 1 fully saturated rings. The van der Waals surface area contributed by atoms with Gasteiger partial charge in [0.2, 0.25) is 5.91 Å². The van der Waals surface area contributed by atoms with Gasteiger partial charge in [0.1, 0.15) is 5.82 Å². The molecular weight excluding hydrogens is 216 g/mol. The maximum absolute atomic E-state index is 11.1. The number of hydrogen-bond acceptors (Lipinski definition) is 4. The SMILES string of the molecule is CCNc1cc(N2CCC(C(N)=O)C2)ccn1. The highest BCUT2D eigenvalue weighted by molar-refractivity contribution is 5.78. The van der Waals surface area contributed by atoms with Crippen molar-refractivity contribution >= 4 is 17.4 Å². The average molecular weight is 234 g/mol. The highest BCUT2D eigenvalue weighted by Gasteiger charge is 2.26. The van der Waals surface area contributed by atoms with E-state index >= 15 is 0 Å². The fourth-order valence-corrected chi connectivity index (χ4v) is 2.12. The molecule has 0 bridgehead atoms. The van der Waals surface area contributed by atoms with Crippen molar-refractivity contribution in [3.8, 4) is 0 Å². The first-order valence-corrected chi connectivity index (χ1v) is 5.95. The normalized spacial score (nSPS) is 19.4. The number of aromatic nitrogens is 1. The van der Waals surface area contributed by atoms with Gasteiger partial charge in [0.15, 0.2) is 0 Å². The zero-order chi connectivity index (χ0) is 12.3. The van der Waals surface area contributed by atoms with Crippen LogP contribution in [-0.2, 0) is 4.79 Å². The van der Waals surface area contributed by atoms with Crippen LogP contribution in [0.25, 0.3) is 0 Å². The molecule has 3 N–H and O–H groups in total. The topological polar surface area (TPSA) is 71.2 Å². The second kappa shape index (κ2) is 5.03. The van der Waals surface area contributed by atoms with Crippen molar-refractivity contribution in [1.82, 2.24) is 4.98 Å². The molecule has 1 aromatic rings. The van der Waals surface area contributed by atoms with Crippen molar-refractivity contribution in [3.05, 3.63) is 18.3 Å². The summed E-state index contributed by atoms with van der Waals surface area (Å²) in [4.78, 5) is 17.5. The summed E-state index contributed by atoms with van der Waals surface area (Å²) in [6, 6.07) is 3.97. The molecule has 92 valence electrons. The number of pyridine rings is 1. The predicted molar refractivity (Wildman–Crippen MR) is 67.9 cm³/mol. The van der Waals surface area contributed by atoms with Gasteiger partial charge >= 0.3 is 0 Å². The summed E-state index contributed by atoms with van der Waals surface area (Å²) in [7, 11) is 0. The molecule has 0 aliphatic carbocycles. The Bertz CT molecular complexity index is 407. The average Bonchev–Trinajstić information content (AvgIpc) is 2.79. The first-order valence-electron chi connectivity index (χ1n) is 5.95. The van der Waals surface area contributed by atoms with Gasteiger partial charge in [0, 0.05) is 37.6 Å². The quantitative estimate of drug-likeness (QED) is 0.809. The molecule has 17 heavy (non-hydrogen) atoms. The smallest absolute Gasteiger partial charge is 0.222 e. The van der Waals surface area contributed by atoms with Gasteiger partial charge in [0.25, 0.3) is 0 Å². The van der Waals surface area contributed by atoms with Crippen LogP contribution in [0.4, 0.5) is 11.5 Å². The highest BCUT2D eigenvalue weighted by Crippen LogP contribution is 2.24. The first-order chi connectivity index (χ1) is 8.20. The van der Waals surface area contributed by atoms with E-state index in [4.69, 9.17) is 5.73 Å². The third-order valence-corrected chi connectivity index (χ3v) is 3.06. The molecule has 0 saturated carbocycles. The number of nitrogens with two attached hydrogens (primary N) is 1. The van der Waals surface area contributed by atoms with Crippen molar-refractivity contribution in [2.24, 2.45) is 11.7 Å². The second-order valence-electron chi connectivity index (χ2n) is 4.26. The molecule has 1 amide bonds. The van der Waals surface area contributed by atoms with Crippen LogP contribution in [0.1, 0.15) is 13.3 Å². The van der Waals surface area contributed by atoms with E-state index in [1.54, 1.807) is 6.20 Å². The van der Waals surface area contributed by atoms with Gasteiger partial charge in [-0.25, -0.2) is 4.98 Å². The maximum Gasteiger partial charge on any atom is 0.222 e. The minimum atomic E-state index is -0.200. The number of carbonyl (C=O) groups is 1. The summed E-state index contributed by atoms with van der Waals surface area (Å²) in [6.07, 6.45) is 2.62. The zero-order valence-electron chi connectivity index (χ0n) is 10.0. The number of rotatable bonds is 4. The van der Waals surface area contributed by atoms with Crippen LogP contribution in [0.15, 0.2) is 18.3 Å². The maximum atomic E-state index is 11.1. The molecular formula is C12H18N4O. The summed E-state index contributed by atoms with van der Waals surface area (Å²) in [5.41, 5.74) is 6.42. The van der Waals surface area contributed by atoms with Crippen molar-refractivity contribution in [1.29, 1.82) is 0 Å². The number of primary amides is 1.